The average molecular weight is 489 g/mol. The van der Waals surface area contributed by atoms with Gasteiger partial charge in [-0.25, -0.2) is 4.79 Å². The van der Waals surface area contributed by atoms with Gasteiger partial charge in [0.05, 0.1) is 17.7 Å². The van der Waals surface area contributed by atoms with Crippen LogP contribution in [0.1, 0.15) is 57.3 Å². The van der Waals surface area contributed by atoms with Gasteiger partial charge in [0.15, 0.2) is 0 Å². The molecule has 0 unspecified atom stereocenters. The largest absolute Gasteiger partial charge is 0.491 e. The van der Waals surface area contributed by atoms with Gasteiger partial charge < -0.3 is 29.9 Å². The van der Waals surface area contributed by atoms with Crippen LogP contribution in [-0.2, 0) is 9.53 Å². The highest BCUT2D eigenvalue weighted by Crippen LogP contribution is 2.30. The molecule has 1 aliphatic carbocycles. The predicted molar refractivity (Wildman–Crippen MR) is 135 cm³/mol. The lowest BCUT2D eigenvalue weighted by Crippen LogP contribution is -2.52. The lowest BCUT2D eigenvalue weighted by atomic mass is 9.85. The highest BCUT2D eigenvalue weighted by Gasteiger charge is 2.31. The maximum atomic E-state index is 13.4. The SMILES string of the molecule is CO[C@@H]1CN(C)C(=O)c2cc(NC(=O)C3CCC3)ccc2OC[C@@H](C)N(C(=O)NC(C)C)C[C@@H]1C. The van der Waals surface area contributed by atoms with E-state index in [4.69, 9.17) is 9.47 Å². The minimum absolute atomic E-state index is 0.00331. The van der Waals surface area contributed by atoms with Gasteiger partial charge in [-0.2, -0.15) is 0 Å². The van der Waals surface area contributed by atoms with Crippen molar-refractivity contribution >= 4 is 23.5 Å². The van der Waals surface area contributed by atoms with Crippen LogP contribution in [0.15, 0.2) is 18.2 Å². The molecule has 2 N–H and O–H groups in total. The number of hydrogen-bond donors (Lipinski definition) is 2. The van der Waals surface area contributed by atoms with Crippen molar-refractivity contribution in [1.82, 2.24) is 15.1 Å². The Balaban J connectivity index is 1.91. The van der Waals surface area contributed by atoms with E-state index in [0.29, 0.717) is 30.1 Å². The molecule has 194 valence electrons. The monoisotopic (exact) mass is 488 g/mol. The van der Waals surface area contributed by atoms with Crippen LogP contribution < -0.4 is 15.4 Å². The topological polar surface area (TPSA) is 100 Å². The third-order valence-corrected chi connectivity index (χ3v) is 6.86. The lowest BCUT2D eigenvalue weighted by molar-refractivity contribution is -0.122. The Bertz CT molecular complexity index is 917. The number of carbonyl (C=O) groups is 3. The molecule has 1 aromatic carbocycles. The zero-order chi connectivity index (χ0) is 25.7. The molecular weight excluding hydrogens is 448 g/mol. The van der Waals surface area contributed by atoms with E-state index in [0.717, 1.165) is 19.3 Å². The van der Waals surface area contributed by atoms with Crippen LogP contribution in [0.2, 0.25) is 0 Å². The molecule has 0 saturated heterocycles. The summed E-state index contributed by atoms with van der Waals surface area (Å²) >= 11 is 0. The Morgan fingerprint density at radius 1 is 1.17 bits per heavy atom. The zero-order valence-electron chi connectivity index (χ0n) is 21.8. The van der Waals surface area contributed by atoms with Gasteiger partial charge in [-0.1, -0.05) is 13.3 Å². The van der Waals surface area contributed by atoms with Crippen LogP contribution in [0.5, 0.6) is 5.75 Å². The molecule has 1 heterocycles. The third kappa shape index (κ3) is 6.66. The summed E-state index contributed by atoms with van der Waals surface area (Å²) in [4.78, 5) is 42.3. The fourth-order valence-electron chi connectivity index (χ4n) is 4.38. The first-order chi connectivity index (χ1) is 16.6. The number of likely N-dealkylation sites (N-methyl/N-ethyl adjacent to an activating group) is 1. The number of carbonyl (C=O) groups excluding carboxylic acids is 3. The molecule has 4 amide bonds. The molecule has 0 radical (unpaired) electrons. The van der Waals surface area contributed by atoms with E-state index < -0.39 is 0 Å². The Morgan fingerprint density at radius 2 is 1.89 bits per heavy atom. The predicted octanol–water partition coefficient (Wildman–Crippen LogP) is 3.35. The summed E-state index contributed by atoms with van der Waals surface area (Å²) < 4.78 is 11.8. The minimum Gasteiger partial charge on any atom is -0.491 e. The van der Waals surface area contributed by atoms with Crippen LogP contribution >= 0.6 is 0 Å². The van der Waals surface area contributed by atoms with Crippen LogP contribution in [0.3, 0.4) is 0 Å². The van der Waals surface area contributed by atoms with Gasteiger partial charge in [0.25, 0.3) is 5.91 Å². The number of amides is 4. The lowest BCUT2D eigenvalue weighted by Gasteiger charge is -2.36. The van der Waals surface area contributed by atoms with Crippen molar-refractivity contribution in [1.29, 1.82) is 0 Å². The van der Waals surface area contributed by atoms with Gasteiger partial charge in [-0.3, -0.25) is 9.59 Å². The number of methoxy groups -OCH3 is 1. The van der Waals surface area contributed by atoms with Gasteiger partial charge >= 0.3 is 6.03 Å². The quantitative estimate of drug-likeness (QED) is 0.677. The van der Waals surface area contributed by atoms with E-state index in [2.05, 4.69) is 10.6 Å². The van der Waals surface area contributed by atoms with Gasteiger partial charge in [0.2, 0.25) is 5.91 Å². The molecule has 9 nitrogen and oxygen atoms in total. The fourth-order valence-corrected chi connectivity index (χ4v) is 4.38. The first kappa shape index (κ1) is 26.8. The van der Waals surface area contributed by atoms with Crippen LogP contribution in [-0.4, -0.2) is 79.7 Å². The smallest absolute Gasteiger partial charge is 0.317 e. The molecule has 1 fully saturated rings. The Labute approximate surface area is 208 Å². The van der Waals surface area contributed by atoms with Gasteiger partial charge in [0.1, 0.15) is 12.4 Å². The summed E-state index contributed by atoms with van der Waals surface area (Å²) in [6.07, 6.45) is 2.60. The molecule has 2 aliphatic rings. The number of ether oxygens (including phenoxy) is 2. The average Bonchev–Trinajstić information content (AvgIpc) is 2.76. The Morgan fingerprint density at radius 3 is 2.49 bits per heavy atom. The van der Waals surface area contributed by atoms with E-state index >= 15 is 0 Å². The molecule has 9 heteroatoms. The molecule has 0 spiro atoms. The summed E-state index contributed by atoms with van der Waals surface area (Å²) in [7, 11) is 3.35. The highest BCUT2D eigenvalue weighted by molar-refractivity contribution is 6.00. The second kappa shape index (κ2) is 11.7. The normalized spacial score (nSPS) is 24.0. The van der Waals surface area contributed by atoms with Crippen molar-refractivity contribution in [2.45, 2.75) is 65.1 Å². The fraction of sp³-hybridized carbons (Fsp3) is 0.654. The van der Waals surface area contributed by atoms with Gasteiger partial charge in [-0.15, -0.1) is 0 Å². The van der Waals surface area contributed by atoms with E-state index in [-0.39, 0.29) is 54.5 Å². The van der Waals surface area contributed by atoms with Crippen molar-refractivity contribution in [2.24, 2.45) is 11.8 Å². The molecule has 1 aliphatic heterocycles. The molecule has 0 bridgehead atoms. The first-order valence-electron chi connectivity index (χ1n) is 12.5. The molecule has 1 saturated carbocycles. The van der Waals surface area contributed by atoms with E-state index in [1.165, 1.54) is 0 Å². The summed E-state index contributed by atoms with van der Waals surface area (Å²) in [6.45, 7) is 8.83. The van der Waals surface area contributed by atoms with Gasteiger partial charge in [-0.05, 0) is 51.8 Å². The third-order valence-electron chi connectivity index (χ3n) is 6.86. The second-order valence-corrected chi connectivity index (χ2v) is 10.2. The minimum atomic E-state index is -0.268. The van der Waals surface area contributed by atoms with Crippen molar-refractivity contribution in [3.63, 3.8) is 0 Å². The Hall–Kier alpha value is -2.81. The van der Waals surface area contributed by atoms with Crippen LogP contribution in [0.25, 0.3) is 0 Å². The molecular formula is C26H40N4O5. The van der Waals surface area contributed by atoms with Crippen molar-refractivity contribution in [3.05, 3.63) is 23.8 Å². The van der Waals surface area contributed by atoms with Crippen LogP contribution in [0, 0.1) is 11.8 Å². The molecule has 1 aromatic rings. The zero-order valence-corrected chi connectivity index (χ0v) is 21.8. The van der Waals surface area contributed by atoms with E-state index in [1.54, 1.807) is 42.2 Å². The van der Waals surface area contributed by atoms with Crippen molar-refractivity contribution < 1.29 is 23.9 Å². The molecule has 35 heavy (non-hydrogen) atoms. The summed E-state index contributed by atoms with van der Waals surface area (Å²) in [5, 5.41) is 5.91. The molecule has 3 atom stereocenters. The maximum Gasteiger partial charge on any atom is 0.317 e. The standard InChI is InChI=1S/C26H40N4O5/c1-16(2)27-26(33)30-13-17(3)23(34-6)14-29(5)25(32)21-12-20(28-24(31)19-8-7-9-19)10-11-22(21)35-15-18(30)4/h10-12,16-19,23H,7-9,13-15H2,1-6H3,(H,27,33)(H,28,31)/t17-,18+,23+/m0/s1. The number of benzene rings is 1. The number of hydrogen-bond acceptors (Lipinski definition) is 5. The van der Waals surface area contributed by atoms with Gasteiger partial charge in [0, 0.05) is 50.8 Å². The summed E-state index contributed by atoms with van der Waals surface area (Å²) in [5.74, 6) is 0.208. The van der Waals surface area contributed by atoms with Crippen molar-refractivity contribution in [3.8, 4) is 5.75 Å². The van der Waals surface area contributed by atoms with Crippen LogP contribution in [0.4, 0.5) is 10.5 Å². The number of rotatable bonds is 4. The number of fused-ring (bicyclic) bond motifs is 1. The molecule has 0 aromatic heterocycles. The number of anilines is 1. The number of nitrogens with zero attached hydrogens (tertiary/aromatic N) is 2. The maximum absolute atomic E-state index is 13.4. The molecule has 3 rings (SSSR count). The van der Waals surface area contributed by atoms with Crippen molar-refractivity contribution in [2.75, 3.05) is 39.2 Å². The Kier molecular flexibility index (Phi) is 8.99. The number of nitrogens with one attached hydrogen (secondary N) is 2. The van der Waals surface area contributed by atoms with E-state index in [9.17, 15) is 14.4 Å². The number of urea groups is 1. The highest BCUT2D eigenvalue weighted by atomic mass is 16.5. The first-order valence-corrected chi connectivity index (χ1v) is 12.5. The summed E-state index contributed by atoms with van der Waals surface area (Å²) in [6, 6.07) is 4.74. The van der Waals surface area contributed by atoms with E-state index in [1.807, 2.05) is 27.7 Å². The summed E-state index contributed by atoms with van der Waals surface area (Å²) in [5.41, 5.74) is 0.938. The second-order valence-electron chi connectivity index (χ2n) is 10.2.